The van der Waals surface area contributed by atoms with Crippen LogP contribution in [0.25, 0.3) is 0 Å². The molecule has 0 fully saturated rings. The number of methoxy groups -OCH3 is 2. The summed E-state index contributed by atoms with van der Waals surface area (Å²) < 4.78 is 15.7. The quantitative estimate of drug-likeness (QED) is 0.620. The highest BCUT2D eigenvalue weighted by Crippen LogP contribution is 2.29. The molecule has 1 aromatic carbocycles. The Kier molecular flexibility index (Phi) is 6.00. The first-order chi connectivity index (χ1) is 12.4. The van der Waals surface area contributed by atoms with E-state index in [9.17, 15) is 4.79 Å². The summed E-state index contributed by atoms with van der Waals surface area (Å²) in [7, 11) is 4.76. The lowest BCUT2D eigenvalue weighted by Crippen LogP contribution is -2.14. The number of carboxylic acids is 1. The largest absolute Gasteiger partial charge is 0.497 e. The van der Waals surface area contributed by atoms with E-state index < -0.39 is 12.6 Å². The number of aromatic nitrogens is 1. The molecule has 2 rings (SSSR count). The van der Waals surface area contributed by atoms with Crippen LogP contribution in [0.15, 0.2) is 24.3 Å². The molecule has 0 spiro atoms. The van der Waals surface area contributed by atoms with Crippen LogP contribution in [0.5, 0.6) is 17.4 Å². The molecule has 0 radical (unpaired) electrons. The zero-order valence-electron chi connectivity index (χ0n) is 15.0. The summed E-state index contributed by atoms with van der Waals surface area (Å²) >= 11 is 0. The van der Waals surface area contributed by atoms with E-state index in [1.54, 1.807) is 52.5 Å². The number of ether oxygens (including phenoxy) is 3. The topological polar surface area (TPSA) is 114 Å². The average Bonchev–Trinajstić information content (AvgIpc) is 2.64. The summed E-state index contributed by atoms with van der Waals surface area (Å²) in [5, 5.41) is 20.3. The summed E-state index contributed by atoms with van der Waals surface area (Å²) in [5.41, 5.74) is 2.12. The lowest BCUT2D eigenvalue weighted by Gasteiger charge is -2.16. The Labute approximate surface area is 151 Å². The Balaban J connectivity index is 2.47. The molecule has 8 nitrogen and oxygen atoms in total. The minimum absolute atomic E-state index is 0.175. The second-order valence-corrected chi connectivity index (χ2v) is 5.41. The van der Waals surface area contributed by atoms with Gasteiger partial charge in [-0.25, -0.2) is 4.79 Å². The lowest BCUT2D eigenvalue weighted by atomic mass is 9.98. The molecular weight excluding hydrogens is 338 g/mol. The van der Waals surface area contributed by atoms with E-state index >= 15 is 0 Å². The lowest BCUT2D eigenvalue weighted by molar-refractivity contribution is -0.139. The highest BCUT2D eigenvalue weighted by atomic mass is 16.5. The van der Waals surface area contributed by atoms with E-state index in [-0.39, 0.29) is 11.6 Å². The summed E-state index contributed by atoms with van der Waals surface area (Å²) in [5.74, 6) is 0.645. The molecule has 138 valence electrons. The number of hydrogen-bond donors (Lipinski definition) is 3. The van der Waals surface area contributed by atoms with Gasteiger partial charge in [0.05, 0.1) is 19.9 Å². The summed E-state index contributed by atoms with van der Waals surface area (Å²) in [6, 6.07) is 6.80. The molecule has 3 N–H and O–H groups in total. The second kappa shape index (κ2) is 8.19. The highest BCUT2D eigenvalue weighted by Gasteiger charge is 2.18. The molecule has 0 unspecified atom stereocenters. The molecule has 1 heterocycles. The normalized spacial score (nSPS) is 10.2. The Morgan fingerprint density at radius 3 is 2.31 bits per heavy atom. The molecule has 0 atom stereocenters. The van der Waals surface area contributed by atoms with Gasteiger partial charge in [0.25, 0.3) is 0 Å². The number of carboxylic acid groups (broad SMARTS) is 1. The maximum absolute atomic E-state index is 10.7. The van der Waals surface area contributed by atoms with Crippen molar-refractivity contribution in [2.75, 3.05) is 33.2 Å². The van der Waals surface area contributed by atoms with E-state index in [2.05, 4.69) is 10.3 Å². The third-order valence-electron chi connectivity index (χ3n) is 3.66. The number of aliphatic carboxylic acids is 1. The molecule has 0 aliphatic heterocycles. The van der Waals surface area contributed by atoms with Gasteiger partial charge in [-0.15, -0.1) is 0 Å². The minimum Gasteiger partial charge on any atom is -0.497 e. The monoisotopic (exact) mass is 359 g/mol. The molecule has 0 aliphatic rings. The first-order valence-electron chi connectivity index (χ1n) is 7.76. The number of benzene rings is 1. The molecule has 2 aromatic rings. The van der Waals surface area contributed by atoms with Crippen molar-refractivity contribution in [2.45, 2.75) is 6.92 Å². The van der Waals surface area contributed by atoms with Gasteiger partial charge in [0.15, 0.2) is 6.61 Å². The Bertz CT molecular complexity index is 814. The molecule has 26 heavy (non-hydrogen) atoms. The predicted molar refractivity (Wildman–Crippen MR) is 97.1 cm³/mol. The van der Waals surface area contributed by atoms with Gasteiger partial charge in [-0.1, -0.05) is 0 Å². The van der Waals surface area contributed by atoms with Crippen molar-refractivity contribution in [3.8, 4) is 17.4 Å². The number of nitrogens with zero attached hydrogens (tertiary/aromatic N) is 1. The number of anilines is 1. The minimum atomic E-state index is -1.09. The number of carbonyl (C=O) groups is 1. The standard InChI is InChI=1S/C18H21N3O5/c1-10-5-14(26-9-15(22)23)21-18(20-2)16(10)17(19)11-6-12(24-3)8-13(7-11)25-4/h5-8,19H,9H2,1-4H3,(H,20,21)(H,22,23). The van der Waals surface area contributed by atoms with E-state index in [0.717, 1.165) is 5.56 Å². The number of aryl methyl sites for hydroxylation is 1. The van der Waals surface area contributed by atoms with E-state index in [4.69, 9.17) is 24.7 Å². The number of pyridine rings is 1. The zero-order valence-corrected chi connectivity index (χ0v) is 15.0. The zero-order chi connectivity index (χ0) is 19.3. The molecule has 0 bridgehead atoms. The van der Waals surface area contributed by atoms with Crippen molar-refractivity contribution >= 4 is 17.5 Å². The van der Waals surface area contributed by atoms with Crippen LogP contribution in [-0.2, 0) is 4.79 Å². The van der Waals surface area contributed by atoms with E-state index in [1.807, 2.05) is 0 Å². The summed E-state index contributed by atoms with van der Waals surface area (Å²) in [4.78, 5) is 14.9. The van der Waals surface area contributed by atoms with Gasteiger partial charge in [-0.2, -0.15) is 4.98 Å². The van der Waals surface area contributed by atoms with E-state index in [0.29, 0.717) is 28.4 Å². The molecule has 0 aliphatic carbocycles. The van der Waals surface area contributed by atoms with Gasteiger partial charge in [-0.05, 0) is 24.6 Å². The van der Waals surface area contributed by atoms with Crippen LogP contribution in [0, 0.1) is 12.3 Å². The van der Waals surface area contributed by atoms with Crippen molar-refractivity contribution in [3.05, 3.63) is 41.0 Å². The van der Waals surface area contributed by atoms with E-state index in [1.165, 1.54) is 0 Å². The van der Waals surface area contributed by atoms with Crippen LogP contribution >= 0.6 is 0 Å². The molecule has 0 saturated carbocycles. The van der Waals surface area contributed by atoms with Crippen LogP contribution in [0.4, 0.5) is 5.82 Å². The molecule has 0 saturated heterocycles. The van der Waals surface area contributed by atoms with Crippen molar-refractivity contribution < 1.29 is 24.1 Å². The summed E-state index contributed by atoms with van der Waals surface area (Å²) in [6.07, 6.45) is 0. The van der Waals surface area contributed by atoms with Gasteiger partial charge in [0, 0.05) is 30.3 Å². The Hall–Kier alpha value is -3.29. The van der Waals surface area contributed by atoms with Gasteiger partial charge in [0.1, 0.15) is 17.3 Å². The van der Waals surface area contributed by atoms with Crippen LogP contribution in [0.2, 0.25) is 0 Å². The van der Waals surface area contributed by atoms with Crippen LogP contribution in [-0.4, -0.2) is 49.6 Å². The Morgan fingerprint density at radius 1 is 1.19 bits per heavy atom. The van der Waals surface area contributed by atoms with Gasteiger partial charge in [0.2, 0.25) is 5.88 Å². The molecule has 0 amide bonds. The average molecular weight is 359 g/mol. The fourth-order valence-electron chi connectivity index (χ4n) is 2.44. The van der Waals surface area contributed by atoms with Crippen molar-refractivity contribution in [1.29, 1.82) is 5.41 Å². The van der Waals surface area contributed by atoms with Crippen molar-refractivity contribution in [2.24, 2.45) is 0 Å². The molecule has 8 heteroatoms. The second-order valence-electron chi connectivity index (χ2n) is 5.41. The number of rotatable bonds is 8. The fourth-order valence-corrected chi connectivity index (χ4v) is 2.44. The SMILES string of the molecule is CNc1nc(OCC(=O)O)cc(C)c1C(=N)c1cc(OC)cc(OC)c1. The first kappa shape index (κ1) is 19.0. The summed E-state index contributed by atoms with van der Waals surface area (Å²) in [6.45, 7) is 1.32. The smallest absolute Gasteiger partial charge is 0.341 e. The first-order valence-corrected chi connectivity index (χ1v) is 7.76. The van der Waals surface area contributed by atoms with Crippen LogP contribution < -0.4 is 19.5 Å². The van der Waals surface area contributed by atoms with Crippen molar-refractivity contribution in [3.63, 3.8) is 0 Å². The van der Waals surface area contributed by atoms with Gasteiger partial charge < -0.3 is 24.6 Å². The van der Waals surface area contributed by atoms with Crippen LogP contribution in [0.1, 0.15) is 16.7 Å². The number of hydrogen-bond acceptors (Lipinski definition) is 7. The predicted octanol–water partition coefficient (Wildman–Crippen LogP) is 2.33. The molecule has 1 aromatic heterocycles. The van der Waals surface area contributed by atoms with Crippen molar-refractivity contribution in [1.82, 2.24) is 4.98 Å². The maximum Gasteiger partial charge on any atom is 0.341 e. The highest BCUT2D eigenvalue weighted by molar-refractivity contribution is 6.14. The third-order valence-corrected chi connectivity index (χ3v) is 3.66. The van der Waals surface area contributed by atoms with Gasteiger partial charge in [-0.3, -0.25) is 5.41 Å². The Morgan fingerprint density at radius 2 is 1.81 bits per heavy atom. The third kappa shape index (κ3) is 4.21. The fraction of sp³-hybridized carbons (Fsp3) is 0.278. The van der Waals surface area contributed by atoms with Gasteiger partial charge >= 0.3 is 5.97 Å². The van der Waals surface area contributed by atoms with Crippen LogP contribution in [0.3, 0.4) is 0 Å². The molecular formula is C18H21N3O5. The maximum atomic E-state index is 10.7. The number of nitrogens with one attached hydrogen (secondary N) is 2.